The molecule has 0 amide bonds. The van der Waals surface area contributed by atoms with Gasteiger partial charge in [-0.05, 0) is 51.4 Å². The van der Waals surface area contributed by atoms with Gasteiger partial charge in [0.2, 0.25) is 0 Å². The molecule has 0 aliphatic carbocycles. The summed E-state index contributed by atoms with van der Waals surface area (Å²) in [4.78, 5) is 22.4. The minimum Gasteiger partial charge on any atom is -0.457 e. The van der Waals surface area contributed by atoms with Crippen LogP contribution in [0.5, 0.6) is 0 Å². The topological polar surface area (TPSA) is 117 Å². The van der Waals surface area contributed by atoms with E-state index in [0.29, 0.717) is 13.0 Å². The van der Waals surface area contributed by atoms with Crippen molar-refractivity contribution in [3.8, 4) is 0 Å². The van der Waals surface area contributed by atoms with Crippen LogP contribution in [-0.4, -0.2) is 49.9 Å². The molecular weight excluding hydrogens is 661 g/mol. The molecule has 0 aromatic rings. The second-order valence-electron chi connectivity index (χ2n) is 13.9. The fraction of sp³-hybridized carbons (Fsp3) is 0.833. The van der Waals surface area contributed by atoms with E-state index >= 15 is 0 Å². The summed E-state index contributed by atoms with van der Waals surface area (Å²) < 4.78 is 33.3. The van der Waals surface area contributed by atoms with Gasteiger partial charge >= 0.3 is 13.8 Å². The monoisotopic (exact) mass is 742 g/mol. The van der Waals surface area contributed by atoms with Crippen molar-refractivity contribution in [1.82, 2.24) is 0 Å². The number of hydrogen-bond acceptors (Lipinski definition) is 7. The first-order valence-corrected chi connectivity index (χ1v) is 22.5. The van der Waals surface area contributed by atoms with Gasteiger partial charge in [-0.1, -0.05) is 166 Å². The zero-order valence-electron chi connectivity index (χ0n) is 33.1. The number of phosphoric ester groups is 1. The Kier molecular flexibility index (Phi) is 38.9. The van der Waals surface area contributed by atoms with Crippen molar-refractivity contribution in [2.45, 2.75) is 193 Å². The lowest BCUT2D eigenvalue weighted by Gasteiger charge is -2.20. The molecule has 0 saturated heterocycles. The summed E-state index contributed by atoms with van der Waals surface area (Å²) in [5.41, 5.74) is 5.36. The van der Waals surface area contributed by atoms with Crippen LogP contribution in [0.2, 0.25) is 0 Å². The van der Waals surface area contributed by atoms with Crippen molar-refractivity contribution in [1.29, 1.82) is 0 Å². The van der Waals surface area contributed by atoms with Gasteiger partial charge in [-0.15, -0.1) is 0 Å². The van der Waals surface area contributed by atoms with Crippen molar-refractivity contribution in [2.24, 2.45) is 5.73 Å². The second-order valence-corrected chi connectivity index (χ2v) is 15.3. The van der Waals surface area contributed by atoms with Crippen molar-refractivity contribution in [3.05, 3.63) is 36.5 Å². The molecule has 0 fully saturated rings. The van der Waals surface area contributed by atoms with Gasteiger partial charge in [-0.2, -0.15) is 0 Å². The quantitative estimate of drug-likeness (QED) is 0.0276. The van der Waals surface area contributed by atoms with Gasteiger partial charge in [0.25, 0.3) is 0 Å². The number of carbonyl (C=O) groups is 1. The molecule has 0 aliphatic rings. The Hall–Kier alpha value is -1.28. The van der Waals surface area contributed by atoms with Gasteiger partial charge in [-0.25, -0.2) is 4.57 Å². The van der Waals surface area contributed by atoms with Gasteiger partial charge in [0.05, 0.1) is 19.8 Å². The first kappa shape index (κ1) is 49.7. The van der Waals surface area contributed by atoms with Crippen LogP contribution < -0.4 is 5.73 Å². The normalized spacial score (nSPS) is 13.9. The zero-order valence-corrected chi connectivity index (χ0v) is 34.0. The molecule has 300 valence electrons. The van der Waals surface area contributed by atoms with E-state index in [-0.39, 0.29) is 32.3 Å². The summed E-state index contributed by atoms with van der Waals surface area (Å²) in [7, 11) is -4.27. The van der Waals surface area contributed by atoms with Crippen LogP contribution in [0.15, 0.2) is 36.5 Å². The summed E-state index contributed by atoms with van der Waals surface area (Å²) >= 11 is 0. The summed E-state index contributed by atoms with van der Waals surface area (Å²) in [5.74, 6) is -0.342. The number of nitrogens with two attached hydrogens (primary N) is 1. The molecule has 51 heavy (non-hydrogen) atoms. The molecular formula is C42H80NO7P. The third-order valence-corrected chi connectivity index (χ3v) is 9.79. The van der Waals surface area contributed by atoms with Gasteiger partial charge < -0.3 is 20.1 Å². The highest BCUT2D eigenvalue weighted by Gasteiger charge is 2.25. The Morgan fingerprint density at radius 1 is 0.588 bits per heavy atom. The molecule has 0 aromatic heterocycles. The number of hydrogen-bond donors (Lipinski definition) is 2. The van der Waals surface area contributed by atoms with Crippen molar-refractivity contribution >= 4 is 13.8 Å². The highest BCUT2D eigenvalue weighted by molar-refractivity contribution is 7.47. The van der Waals surface area contributed by atoms with E-state index in [9.17, 15) is 14.3 Å². The van der Waals surface area contributed by atoms with E-state index in [0.717, 1.165) is 57.8 Å². The van der Waals surface area contributed by atoms with Crippen LogP contribution in [-0.2, 0) is 27.9 Å². The SMILES string of the molecule is CCCCCCC/C=C\C/C=C\C/C=C\CCCCCCCCC(=O)OC(COCCCCCCCCCCCCC)COP(=O)(O)OCCN. The average Bonchev–Trinajstić information content (AvgIpc) is 3.12. The Morgan fingerprint density at radius 2 is 1.04 bits per heavy atom. The number of rotatable bonds is 40. The van der Waals surface area contributed by atoms with E-state index in [4.69, 9.17) is 24.3 Å². The number of phosphoric acid groups is 1. The van der Waals surface area contributed by atoms with Gasteiger partial charge in [0.1, 0.15) is 6.10 Å². The number of unbranched alkanes of at least 4 members (excludes halogenated alkanes) is 21. The maximum atomic E-state index is 12.6. The molecule has 0 radical (unpaired) electrons. The maximum Gasteiger partial charge on any atom is 0.472 e. The summed E-state index contributed by atoms with van der Waals surface area (Å²) in [6.07, 6.45) is 44.4. The first-order chi connectivity index (χ1) is 24.9. The molecule has 0 aliphatic heterocycles. The lowest BCUT2D eigenvalue weighted by atomic mass is 10.1. The third kappa shape index (κ3) is 39.8. The lowest BCUT2D eigenvalue weighted by molar-refractivity contribution is -0.154. The van der Waals surface area contributed by atoms with Gasteiger partial charge in [0, 0.05) is 19.6 Å². The van der Waals surface area contributed by atoms with E-state index in [1.165, 1.54) is 109 Å². The van der Waals surface area contributed by atoms with Crippen LogP contribution in [0, 0.1) is 0 Å². The minimum atomic E-state index is -4.27. The molecule has 3 N–H and O–H groups in total. The van der Waals surface area contributed by atoms with Crippen LogP contribution >= 0.6 is 7.82 Å². The summed E-state index contributed by atoms with van der Waals surface area (Å²) in [5, 5.41) is 0. The molecule has 0 aromatic carbocycles. The molecule has 2 atom stereocenters. The van der Waals surface area contributed by atoms with Crippen LogP contribution in [0.4, 0.5) is 0 Å². The largest absolute Gasteiger partial charge is 0.472 e. The number of esters is 1. The van der Waals surface area contributed by atoms with E-state index in [2.05, 4.69) is 50.3 Å². The van der Waals surface area contributed by atoms with Crippen molar-refractivity contribution in [3.63, 3.8) is 0 Å². The number of ether oxygens (including phenoxy) is 2. The van der Waals surface area contributed by atoms with E-state index in [1.807, 2.05) is 0 Å². The molecule has 0 saturated carbocycles. The zero-order chi connectivity index (χ0) is 37.4. The Labute approximate surface area is 314 Å². The summed E-state index contributed by atoms with van der Waals surface area (Å²) in [6.45, 7) is 4.90. The fourth-order valence-corrected chi connectivity index (χ4v) is 6.47. The fourth-order valence-electron chi connectivity index (χ4n) is 5.71. The molecule has 0 bridgehead atoms. The maximum absolute atomic E-state index is 12.6. The third-order valence-electron chi connectivity index (χ3n) is 8.81. The molecule has 0 rings (SSSR count). The highest BCUT2D eigenvalue weighted by atomic mass is 31.2. The van der Waals surface area contributed by atoms with Crippen LogP contribution in [0.1, 0.15) is 187 Å². The van der Waals surface area contributed by atoms with Crippen molar-refractivity contribution in [2.75, 3.05) is 33.0 Å². The standard InChI is InChI=1S/C42H80NO7P/c1-3-5-7-9-11-13-15-16-17-18-19-20-21-22-23-24-25-27-29-31-33-35-42(44)50-41(40-49-51(45,46)48-38-36-43)39-47-37-34-32-30-28-26-14-12-10-8-6-4-2/h15-16,18-19,21-22,41H,3-14,17,20,23-40,43H2,1-2H3,(H,45,46)/b16-15-,19-18-,22-21-. The predicted molar refractivity (Wildman–Crippen MR) is 215 cm³/mol. The summed E-state index contributed by atoms with van der Waals surface area (Å²) in [6, 6.07) is 0. The number of allylic oxidation sites excluding steroid dienone is 6. The lowest BCUT2D eigenvalue weighted by Crippen LogP contribution is -2.28. The highest BCUT2D eigenvalue weighted by Crippen LogP contribution is 2.43. The molecule has 0 heterocycles. The average molecular weight is 742 g/mol. The minimum absolute atomic E-state index is 0.0977. The molecule has 9 heteroatoms. The van der Waals surface area contributed by atoms with Gasteiger partial charge in [-0.3, -0.25) is 13.8 Å². The van der Waals surface area contributed by atoms with Crippen molar-refractivity contribution < 1.29 is 32.8 Å². The predicted octanol–water partition coefficient (Wildman–Crippen LogP) is 12.2. The molecule has 8 nitrogen and oxygen atoms in total. The Bertz CT molecular complexity index is 879. The van der Waals surface area contributed by atoms with Crippen LogP contribution in [0.3, 0.4) is 0 Å². The van der Waals surface area contributed by atoms with E-state index in [1.54, 1.807) is 0 Å². The van der Waals surface area contributed by atoms with Crippen LogP contribution in [0.25, 0.3) is 0 Å². The smallest absolute Gasteiger partial charge is 0.457 e. The number of carbonyl (C=O) groups excluding carboxylic acids is 1. The Morgan fingerprint density at radius 3 is 1.55 bits per heavy atom. The second kappa shape index (κ2) is 39.9. The molecule has 0 spiro atoms. The molecule has 2 unspecified atom stereocenters. The Balaban J connectivity index is 4.04. The first-order valence-electron chi connectivity index (χ1n) is 21.0. The van der Waals surface area contributed by atoms with Gasteiger partial charge in [0.15, 0.2) is 0 Å². The van der Waals surface area contributed by atoms with E-state index < -0.39 is 13.9 Å².